The van der Waals surface area contributed by atoms with Gasteiger partial charge in [-0.3, -0.25) is 0 Å². The SMILES string of the molecule is c1ccc(-c2nc(-c3ccc(-n4c5ccccc5c5ccccc54)cc3)nc(-c3cccc4oc5c6ccccc6c6c7ccccc7oc6c5c34)n2)cc1. The van der Waals surface area contributed by atoms with E-state index in [0.29, 0.717) is 17.5 Å². The van der Waals surface area contributed by atoms with Crippen molar-refractivity contribution >= 4 is 76.5 Å². The zero-order chi connectivity index (χ0) is 36.0. The molecule has 0 amide bonds. The Kier molecular flexibility index (Phi) is 6.24. The van der Waals surface area contributed by atoms with E-state index in [0.717, 1.165) is 88.1 Å². The van der Waals surface area contributed by atoms with Crippen LogP contribution < -0.4 is 0 Å². The molecular weight excluding hydrogens is 677 g/mol. The van der Waals surface area contributed by atoms with Crippen molar-refractivity contribution < 1.29 is 8.83 Å². The van der Waals surface area contributed by atoms with Crippen LogP contribution in [0.1, 0.15) is 0 Å². The second-order valence-electron chi connectivity index (χ2n) is 13.9. The molecule has 0 aliphatic heterocycles. The van der Waals surface area contributed by atoms with Crippen molar-refractivity contribution in [1.82, 2.24) is 19.5 Å². The summed E-state index contributed by atoms with van der Waals surface area (Å²) >= 11 is 0. The molecule has 8 aromatic carbocycles. The Bertz CT molecular complexity index is 3430. The van der Waals surface area contributed by atoms with Crippen LogP contribution in [-0.2, 0) is 0 Å². The van der Waals surface area contributed by atoms with E-state index in [1.54, 1.807) is 0 Å². The molecule has 0 aliphatic rings. The molecule has 55 heavy (non-hydrogen) atoms. The van der Waals surface area contributed by atoms with E-state index in [1.165, 1.54) is 10.8 Å². The van der Waals surface area contributed by atoms with Crippen LogP contribution in [0.4, 0.5) is 0 Å². The highest BCUT2D eigenvalue weighted by molar-refractivity contribution is 6.34. The average Bonchev–Trinajstić information content (AvgIpc) is 3.94. The summed E-state index contributed by atoms with van der Waals surface area (Å²) in [7, 11) is 0. The summed E-state index contributed by atoms with van der Waals surface area (Å²) in [6.07, 6.45) is 0. The summed E-state index contributed by atoms with van der Waals surface area (Å²) in [5.74, 6) is 1.74. The quantitative estimate of drug-likeness (QED) is 0.182. The summed E-state index contributed by atoms with van der Waals surface area (Å²) in [4.78, 5) is 15.4. The van der Waals surface area contributed by atoms with Crippen LogP contribution in [0.25, 0.3) is 116 Å². The Balaban J connectivity index is 1.10. The third-order valence-corrected chi connectivity index (χ3v) is 10.9. The third-order valence-electron chi connectivity index (χ3n) is 10.9. The van der Waals surface area contributed by atoms with Crippen LogP contribution >= 0.6 is 0 Å². The van der Waals surface area contributed by atoms with E-state index in [-0.39, 0.29) is 0 Å². The topological polar surface area (TPSA) is 69.9 Å². The lowest BCUT2D eigenvalue weighted by Crippen LogP contribution is -2.01. The molecule has 256 valence electrons. The lowest BCUT2D eigenvalue weighted by Gasteiger charge is -2.11. The van der Waals surface area contributed by atoms with Gasteiger partial charge in [0.25, 0.3) is 0 Å². The second kappa shape index (κ2) is 11.5. The molecule has 4 aromatic heterocycles. The van der Waals surface area contributed by atoms with Crippen molar-refractivity contribution in [2.75, 3.05) is 0 Å². The van der Waals surface area contributed by atoms with E-state index in [9.17, 15) is 0 Å². The zero-order valence-corrected chi connectivity index (χ0v) is 29.3. The van der Waals surface area contributed by atoms with E-state index < -0.39 is 0 Å². The van der Waals surface area contributed by atoms with E-state index in [4.69, 9.17) is 23.8 Å². The first-order valence-corrected chi connectivity index (χ1v) is 18.4. The largest absolute Gasteiger partial charge is 0.455 e. The van der Waals surface area contributed by atoms with E-state index in [1.807, 2.05) is 54.6 Å². The van der Waals surface area contributed by atoms with Crippen molar-refractivity contribution in [3.8, 4) is 39.9 Å². The fourth-order valence-electron chi connectivity index (χ4n) is 8.43. The fraction of sp³-hybridized carbons (Fsp3) is 0. The van der Waals surface area contributed by atoms with Gasteiger partial charge in [0.2, 0.25) is 0 Å². The van der Waals surface area contributed by atoms with Crippen molar-refractivity contribution in [3.05, 3.63) is 170 Å². The van der Waals surface area contributed by atoms with Gasteiger partial charge in [0.15, 0.2) is 17.5 Å². The first kappa shape index (κ1) is 29.9. The fourth-order valence-corrected chi connectivity index (χ4v) is 8.43. The van der Waals surface area contributed by atoms with Crippen LogP contribution in [0.3, 0.4) is 0 Å². The minimum atomic E-state index is 0.557. The van der Waals surface area contributed by atoms with Crippen LogP contribution in [-0.4, -0.2) is 19.5 Å². The van der Waals surface area contributed by atoms with Crippen molar-refractivity contribution in [2.45, 2.75) is 0 Å². The molecule has 0 saturated heterocycles. The maximum Gasteiger partial charge on any atom is 0.164 e. The van der Waals surface area contributed by atoms with Gasteiger partial charge in [-0.15, -0.1) is 0 Å². The summed E-state index contributed by atoms with van der Waals surface area (Å²) in [5.41, 5.74) is 9.18. The molecule has 0 bridgehead atoms. The van der Waals surface area contributed by atoms with Crippen LogP contribution in [0, 0.1) is 0 Å². The molecule has 0 spiro atoms. The maximum atomic E-state index is 6.74. The molecule has 0 N–H and O–H groups in total. The predicted molar refractivity (Wildman–Crippen MR) is 223 cm³/mol. The monoisotopic (exact) mass is 704 g/mol. The van der Waals surface area contributed by atoms with Crippen LogP contribution in [0.15, 0.2) is 179 Å². The number of para-hydroxylation sites is 3. The van der Waals surface area contributed by atoms with Gasteiger partial charge in [0.05, 0.1) is 16.4 Å². The van der Waals surface area contributed by atoms with Crippen LogP contribution in [0.2, 0.25) is 0 Å². The standard InChI is InChI=1S/C49H28N4O2/c1-2-13-29(14-3-1)47-50-48(30-25-27-31(28-26-30)53-38-21-9-6-15-32(38)33-16-7-10-22-39(33)53)52-49(51-47)37-20-12-24-41-43(37)44-45(55-41)35-18-5-4-17-34(35)42-36-19-8-11-23-40(36)54-46(42)44/h1-28H. The van der Waals surface area contributed by atoms with Gasteiger partial charge in [-0.2, -0.15) is 0 Å². The zero-order valence-electron chi connectivity index (χ0n) is 29.3. The summed E-state index contributed by atoms with van der Waals surface area (Å²) < 4.78 is 15.8. The Morgan fingerprint density at radius 3 is 1.62 bits per heavy atom. The molecule has 0 saturated carbocycles. The van der Waals surface area contributed by atoms with Gasteiger partial charge >= 0.3 is 0 Å². The smallest absolute Gasteiger partial charge is 0.164 e. The van der Waals surface area contributed by atoms with Crippen molar-refractivity contribution in [1.29, 1.82) is 0 Å². The first-order chi connectivity index (χ1) is 27.3. The third kappa shape index (κ3) is 4.39. The molecule has 0 radical (unpaired) electrons. The molecule has 0 fully saturated rings. The number of nitrogens with zero attached hydrogens (tertiary/aromatic N) is 4. The van der Waals surface area contributed by atoms with Gasteiger partial charge in [0, 0.05) is 54.7 Å². The normalized spacial score (nSPS) is 12.0. The number of rotatable bonds is 4. The molecule has 4 heterocycles. The van der Waals surface area contributed by atoms with E-state index in [2.05, 4.69) is 120 Å². The molecule has 12 rings (SSSR count). The Morgan fingerprint density at radius 1 is 0.345 bits per heavy atom. The number of benzene rings is 8. The highest BCUT2D eigenvalue weighted by Gasteiger charge is 2.24. The number of hydrogen-bond acceptors (Lipinski definition) is 5. The van der Waals surface area contributed by atoms with Gasteiger partial charge in [-0.25, -0.2) is 15.0 Å². The minimum Gasteiger partial charge on any atom is -0.455 e. The van der Waals surface area contributed by atoms with Gasteiger partial charge < -0.3 is 13.4 Å². The van der Waals surface area contributed by atoms with Crippen LogP contribution in [0.5, 0.6) is 0 Å². The average molecular weight is 705 g/mol. The lowest BCUT2D eigenvalue weighted by atomic mass is 9.98. The number of furan rings is 2. The van der Waals surface area contributed by atoms with Gasteiger partial charge in [-0.05, 0) is 53.9 Å². The second-order valence-corrected chi connectivity index (χ2v) is 13.9. The Labute approximate surface area is 313 Å². The summed E-state index contributed by atoms with van der Waals surface area (Å²) in [6.45, 7) is 0. The van der Waals surface area contributed by atoms with Crippen molar-refractivity contribution in [2.24, 2.45) is 0 Å². The Hall–Kier alpha value is -7.57. The summed E-state index contributed by atoms with van der Waals surface area (Å²) in [6, 6.07) is 58.4. The molecular formula is C49H28N4O2. The first-order valence-electron chi connectivity index (χ1n) is 18.4. The molecule has 6 heteroatoms. The molecule has 6 nitrogen and oxygen atoms in total. The minimum absolute atomic E-state index is 0.557. The molecule has 0 atom stereocenters. The van der Waals surface area contributed by atoms with Crippen molar-refractivity contribution in [3.63, 3.8) is 0 Å². The molecule has 12 aromatic rings. The summed E-state index contributed by atoms with van der Waals surface area (Å²) in [5, 5.41) is 8.54. The Morgan fingerprint density at radius 2 is 0.891 bits per heavy atom. The highest BCUT2D eigenvalue weighted by Crippen LogP contribution is 2.47. The molecule has 0 aliphatic carbocycles. The number of aromatic nitrogens is 4. The lowest BCUT2D eigenvalue weighted by molar-refractivity contribution is 0.665. The van der Waals surface area contributed by atoms with Gasteiger partial charge in [0.1, 0.15) is 22.3 Å². The number of hydrogen-bond donors (Lipinski definition) is 0. The van der Waals surface area contributed by atoms with E-state index >= 15 is 0 Å². The maximum absolute atomic E-state index is 6.74. The highest BCUT2D eigenvalue weighted by atomic mass is 16.3. The predicted octanol–water partition coefficient (Wildman–Crippen LogP) is 12.9. The number of fused-ring (bicyclic) bond motifs is 13. The molecule has 0 unspecified atom stereocenters. The van der Waals surface area contributed by atoms with Gasteiger partial charge in [-0.1, -0.05) is 121 Å².